The smallest absolute Gasteiger partial charge is 0.328 e. The van der Waals surface area contributed by atoms with E-state index in [-0.39, 0.29) is 13.2 Å². The molecule has 2 amide bonds. The number of thioether (sulfide) groups is 1. The van der Waals surface area contributed by atoms with Gasteiger partial charge in [-0.25, -0.2) is 9.59 Å². The van der Waals surface area contributed by atoms with Gasteiger partial charge in [0.15, 0.2) is 6.04 Å². The second-order valence-corrected chi connectivity index (χ2v) is 5.16. The lowest BCUT2D eigenvalue weighted by Gasteiger charge is -2.32. The van der Waals surface area contributed by atoms with Crippen LogP contribution >= 0.6 is 11.8 Å². The molecule has 1 aliphatic rings. The van der Waals surface area contributed by atoms with Gasteiger partial charge in [0.25, 0.3) is 0 Å². The molecule has 6 nitrogen and oxygen atoms in total. The Kier molecular flexibility index (Phi) is 4.86. The van der Waals surface area contributed by atoms with Crippen LogP contribution in [-0.4, -0.2) is 54.1 Å². The molecule has 2 rings (SSSR count). The summed E-state index contributed by atoms with van der Waals surface area (Å²) < 4.78 is 5.10. The van der Waals surface area contributed by atoms with Crippen LogP contribution in [0.5, 0.6) is 0 Å². The number of nitrogens with zero attached hydrogens (tertiary/aromatic N) is 1. The maximum absolute atomic E-state index is 12.2. The third-order valence-electron chi connectivity index (χ3n) is 3.00. The van der Waals surface area contributed by atoms with Gasteiger partial charge in [-0.15, -0.1) is 11.8 Å². The van der Waals surface area contributed by atoms with Crippen LogP contribution in [0, 0.1) is 0 Å². The lowest BCUT2D eigenvalue weighted by atomic mass is 10.2. The quantitative estimate of drug-likeness (QED) is 0.830. The predicted octanol–water partition coefficient (Wildman–Crippen LogP) is 1.73. The van der Waals surface area contributed by atoms with E-state index in [1.807, 2.05) is 24.5 Å². The van der Waals surface area contributed by atoms with Crippen LogP contribution in [0.25, 0.3) is 0 Å². The summed E-state index contributed by atoms with van der Waals surface area (Å²) in [5, 5.41) is 11.8. The Bertz CT molecular complexity index is 509. The van der Waals surface area contributed by atoms with Gasteiger partial charge < -0.3 is 20.1 Å². The summed E-state index contributed by atoms with van der Waals surface area (Å²) in [6, 6.07) is 6.04. The van der Waals surface area contributed by atoms with Crippen molar-refractivity contribution in [1.82, 2.24) is 4.90 Å². The normalized spacial score (nSPS) is 18.6. The van der Waals surface area contributed by atoms with E-state index < -0.39 is 18.0 Å². The number of carbonyl (C=O) groups is 2. The van der Waals surface area contributed by atoms with E-state index in [0.29, 0.717) is 12.3 Å². The number of hydrogen-bond donors (Lipinski definition) is 2. The first kappa shape index (κ1) is 14.7. The molecule has 1 unspecified atom stereocenters. The fourth-order valence-electron chi connectivity index (χ4n) is 1.95. The van der Waals surface area contributed by atoms with Gasteiger partial charge in [-0.3, -0.25) is 0 Å². The molecule has 7 heteroatoms. The van der Waals surface area contributed by atoms with E-state index in [1.54, 1.807) is 17.8 Å². The molecule has 1 saturated heterocycles. The standard InChI is InChI=1S/C13H16N2O4S/c1-20-10-4-2-3-9(7-10)14-13(18)15-5-6-19-8-11(15)12(16)17/h2-4,7,11H,5-6,8H2,1H3,(H,14,18)(H,16,17). The highest BCUT2D eigenvalue weighted by atomic mass is 32.2. The molecule has 0 bridgehead atoms. The summed E-state index contributed by atoms with van der Waals surface area (Å²) >= 11 is 1.57. The van der Waals surface area contributed by atoms with Crippen molar-refractivity contribution < 1.29 is 19.4 Å². The second kappa shape index (κ2) is 6.62. The van der Waals surface area contributed by atoms with Crippen molar-refractivity contribution in [2.45, 2.75) is 10.9 Å². The van der Waals surface area contributed by atoms with Crippen molar-refractivity contribution >= 4 is 29.4 Å². The van der Waals surface area contributed by atoms with E-state index in [4.69, 9.17) is 9.84 Å². The zero-order valence-electron chi connectivity index (χ0n) is 11.0. The number of carboxylic acid groups (broad SMARTS) is 1. The van der Waals surface area contributed by atoms with Gasteiger partial charge in [-0.2, -0.15) is 0 Å². The van der Waals surface area contributed by atoms with Crippen molar-refractivity contribution in [3.05, 3.63) is 24.3 Å². The van der Waals surface area contributed by atoms with Gasteiger partial charge in [0.05, 0.1) is 13.2 Å². The number of rotatable bonds is 3. The summed E-state index contributed by atoms with van der Waals surface area (Å²) in [5.74, 6) is -1.06. The van der Waals surface area contributed by atoms with Crippen LogP contribution < -0.4 is 5.32 Å². The highest BCUT2D eigenvalue weighted by Crippen LogP contribution is 2.19. The number of carbonyl (C=O) groups excluding carboxylic acids is 1. The molecule has 2 N–H and O–H groups in total. The average Bonchev–Trinajstić information content (AvgIpc) is 2.47. The van der Waals surface area contributed by atoms with Gasteiger partial charge in [-0.05, 0) is 24.5 Å². The van der Waals surface area contributed by atoms with Crippen molar-refractivity contribution in [3.8, 4) is 0 Å². The summed E-state index contributed by atoms with van der Waals surface area (Å²) in [7, 11) is 0. The number of urea groups is 1. The van der Waals surface area contributed by atoms with Gasteiger partial charge >= 0.3 is 12.0 Å². The summed E-state index contributed by atoms with van der Waals surface area (Å²) in [6.45, 7) is 0.640. The lowest BCUT2D eigenvalue weighted by molar-refractivity contribution is -0.147. The van der Waals surface area contributed by atoms with E-state index >= 15 is 0 Å². The Labute approximate surface area is 121 Å². The second-order valence-electron chi connectivity index (χ2n) is 4.28. The van der Waals surface area contributed by atoms with Crippen LogP contribution in [-0.2, 0) is 9.53 Å². The summed E-state index contributed by atoms with van der Waals surface area (Å²) in [5.41, 5.74) is 0.650. The predicted molar refractivity (Wildman–Crippen MR) is 76.2 cm³/mol. The zero-order chi connectivity index (χ0) is 14.5. The van der Waals surface area contributed by atoms with E-state index in [9.17, 15) is 9.59 Å². The zero-order valence-corrected chi connectivity index (χ0v) is 11.9. The molecule has 0 saturated carbocycles. The van der Waals surface area contributed by atoms with Crippen LogP contribution in [0.4, 0.5) is 10.5 Å². The first-order valence-electron chi connectivity index (χ1n) is 6.14. The van der Waals surface area contributed by atoms with Crippen LogP contribution in [0.2, 0.25) is 0 Å². The molecular weight excluding hydrogens is 280 g/mol. The number of benzene rings is 1. The third-order valence-corrected chi connectivity index (χ3v) is 3.72. The molecular formula is C13H16N2O4S. The Hall–Kier alpha value is -1.73. The van der Waals surface area contributed by atoms with E-state index in [1.165, 1.54) is 4.90 Å². The molecule has 0 spiro atoms. The van der Waals surface area contributed by atoms with Crippen LogP contribution in [0.1, 0.15) is 0 Å². The molecule has 0 radical (unpaired) electrons. The number of ether oxygens (including phenoxy) is 1. The van der Waals surface area contributed by atoms with E-state index in [2.05, 4.69) is 5.32 Å². The highest BCUT2D eigenvalue weighted by Gasteiger charge is 2.32. The highest BCUT2D eigenvalue weighted by molar-refractivity contribution is 7.98. The molecule has 0 aliphatic carbocycles. The first-order valence-corrected chi connectivity index (χ1v) is 7.36. The van der Waals surface area contributed by atoms with Crippen LogP contribution in [0.15, 0.2) is 29.2 Å². The van der Waals surface area contributed by atoms with Crippen molar-refractivity contribution in [2.75, 3.05) is 31.3 Å². The Morgan fingerprint density at radius 2 is 2.30 bits per heavy atom. The SMILES string of the molecule is CSc1cccc(NC(=O)N2CCOCC2C(=O)O)c1. The monoisotopic (exact) mass is 296 g/mol. The van der Waals surface area contributed by atoms with Crippen molar-refractivity contribution in [2.24, 2.45) is 0 Å². The Morgan fingerprint density at radius 3 is 3.00 bits per heavy atom. The van der Waals surface area contributed by atoms with Crippen molar-refractivity contribution in [1.29, 1.82) is 0 Å². The molecule has 1 aromatic rings. The number of hydrogen-bond acceptors (Lipinski definition) is 4. The first-order chi connectivity index (χ1) is 9.61. The van der Waals surface area contributed by atoms with Gasteiger partial charge in [0.2, 0.25) is 0 Å². The minimum Gasteiger partial charge on any atom is -0.480 e. The number of anilines is 1. The summed E-state index contributed by atoms with van der Waals surface area (Å²) in [6.07, 6.45) is 1.95. The molecule has 1 atom stereocenters. The van der Waals surface area contributed by atoms with E-state index in [0.717, 1.165) is 4.90 Å². The fourth-order valence-corrected chi connectivity index (χ4v) is 2.41. The number of aliphatic carboxylic acids is 1. The maximum atomic E-state index is 12.2. The number of nitrogens with one attached hydrogen (secondary N) is 1. The number of amides is 2. The maximum Gasteiger partial charge on any atom is 0.328 e. The Morgan fingerprint density at radius 1 is 1.50 bits per heavy atom. The number of carboxylic acids is 1. The average molecular weight is 296 g/mol. The summed E-state index contributed by atoms with van der Waals surface area (Å²) in [4.78, 5) is 25.6. The van der Waals surface area contributed by atoms with Crippen LogP contribution in [0.3, 0.4) is 0 Å². The molecule has 1 heterocycles. The van der Waals surface area contributed by atoms with Crippen molar-refractivity contribution in [3.63, 3.8) is 0 Å². The molecule has 1 fully saturated rings. The minimum absolute atomic E-state index is 0.0214. The molecule has 1 aromatic carbocycles. The Balaban J connectivity index is 2.07. The van der Waals surface area contributed by atoms with Gasteiger partial charge in [-0.1, -0.05) is 6.07 Å². The molecule has 108 valence electrons. The molecule has 20 heavy (non-hydrogen) atoms. The lowest BCUT2D eigenvalue weighted by Crippen LogP contribution is -2.53. The minimum atomic E-state index is -1.06. The molecule has 1 aliphatic heterocycles. The largest absolute Gasteiger partial charge is 0.480 e. The molecule has 0 aromatic heterocycles. The fraction of sp³-hybridized carbons (Fsp3) is 0.385. The topological polar surface area (TPSA) is 78.9 Å². The number of morpholine rings is 1. The third kappa shape index (κ3) is 3.43. The van der Waals surface area contributed by atoms with Gasteiger partial charge in [0, 0.05) is 17.1 Å². The van der Waals surface area contributed by atoms with Gasteiger partial charge in [0.1, 0.15) is 0 Å².